The fraction of sp³-hybridized carbons (Fsp3) is 0.516. The van der Waals surface area contributed by atoms with Crippen LogP contribution in [0.1, 0.15) is 60.7 Å². The number of methoxy groups -OCH3 is 2. The zero-order valence-electron chi connectivity index (χ0n) is 27.2. The van der Waals surface area contributed by atoms with Gasteiger partial charge in [-0.15, -0.1) is 0 Å². The Morgan fingerprint density at radius 2 is 1.76 bits per heavy atom. The highest BCUT2D eigenvalue weighted by molar-refractivity contribution is 7.98. The zero-order valence-corrected chi connectivity index (χ0v) is 29.0. The molecule has 2 aromatic carbocycles. The number of non-ortho nitro benzene ring substituents is 1. The number of aliphatic hydroxyl groups is 1. The molecule has 0 aliphatic carbocycles. The van der Waals surface area contributed by atoms with Crippen LogP contribution in [-0.2, 0) is 31.4 Å². The lowest BCUT2D eigenvalue weighted by molar-refractivity contribution is -0.384. The third-order valence-electron chi connectivity index (χ3n) is 7.63. The van der Waals surface area contributed by atoms with Crippen molar-refractivity contribution in [3.05, 3.63) is 62.7 Å². The monoisotopic (exact) mass is 664 g/mol. The molecule has 0 saturated carbocycles. The molecular weight excluding hydrogens is 620 g/mol. The molecule has 0 bridgehead atoms. The van der Waals surface area contributed by atoms with Crippen LogP contribution in [0.5, 0.6) is 11.5 Å². The molecule has 12 nitrogen and oxygen atoms in total. The van der Waals surface area contributed by atoms with Gasteiger partial charge in [-0.1, -0.05) is 20.8 Å². The summed E-state index contributed by atoms with van der Waals surface area (Å²) in [5.74, 6) is -0.397. The molecule has 0 radical (unpaired) electrons. The molecule has 2 aromatic rings. The quantitative estimate of drug-likeness (QED) is 0.103. The molecule has 0 aliphatic rings. The van der Waals surface area contributed by atoms with Gasteiger partial charge in [0.2, 0.25) is 14.2 Å². The predicted molar refractivity (Wildman–Crippen MR) is 174 cm³/mol. The Labute approximate surface area is 269 Å². The number of hydrogen-bond acceptors (Lipinski definition) is 11. The predicted octanol–water partition coefficient (Wildman–Crippen LogP) is 5.32. The van der Waals surface area contributed by atoms with Crippen LogP contribution in [0.4, 0.5) is 5.69 Å². The van der Waals surface area contributed by atoms with E-state index in [1.165, 1.54) is 50.2 Å². The molecular formula is C31H44N2O10SSi. The minimum Gasteiger partial charge on any atom is -0.543 e. The summed E-state index contributed by atoms with van der Waals surface area (Å²) in [6, 6.07) is 6.53. The van der Waals surface area contributed by atoms with Gasteiger partial charge in [-0.05, 0) is 49.2 Å². The lowest BCUT2D eigenvalue weighted by Gasteiger charge is -2.37. The first-order valence-corrected chi connectivity index (χ1v) is 18.5. The van der Waals surface area contributed by atoms with E-state index in [-0.39, 0.29) is 53.9 Å². The van der Waals surface area contributed by atoms with Crippen LogP contribution in [-0.4, -0.2) is 68.8 Å². The second kappa shape index (κ2) is 16.6. The van der Waals surface area contributed by atoms with Gasteiger partial charge in [-0.2, -0.15) is 11.8 Å². The topological polar surface area (TPSA) is 164 Å². The molecule has 1 amide bonds. The maximum Gasteiger partial charge on any atom is 0.339 e. The number of carbonyl (C=O) groups excluding carboxylic acids is 3. The van der Waals surface area contributed by atoms with E-state index >= 15 is 0 Å². The summed E-state index contributed by atoms with van der Waals surface area (Å²) in [7, 11) is 0.316. The lowest BCUT2D eigenvalue weighted by Crippen LogP contribution is -2.44. The van der Waals surface area contributed by atoms with Crippen molar-refractivity contribution in [1.29, 1.82) is 0 Å². The Kier molecular flexibility index (Phi) is 13.9. The van der Waals surface area contributed by atoms with Gasteiger partial charge in [-0.3, -0.25) is 14.9 Å². The van der Waals surface area contributed by atoms with E-state index in [1.807, 2.05) is 0 Å². The number of hydrogen-bond donors (Lipinski definition) is 2. The molecule has 0 aliphatic heterocycles. The number of amides is 1. The van der Waals surface area contributed by atoms with Gasteiger partial charge >= 0.3 is 11.9 Å². The van der Waals surface area contributed by atoms with E-state index in [2.05, 4.69) is 39.2 Å². The molecule has 248 valence electrons. The minimum absolute atomic E-state index is 0.0571. The highest BCUT2D eigenvalue weighted by Crippen LogP contribution is 2.42. The van der Waals surface area contributed by atoms with Crippen molar-refractivity contribution >= 4 is 43.6 Å². The maximum absolute atomic E-state index is 13.7. The highest BCUT2D eigenvalue weighted by atomic mass is 32.2. The van der Waals surface area contributed by atoms with Gasteiger partial charge in [0.1, 0.15) is 24.1 Å². The largest absolute Gasteiger partial charge is 0.543 e. The molecule has 1 atom stereocenters. The number of rotatable bonds is 16. The number of nitro benzene ring substituents is 1. The first-order chi connectivity index (χ1) is 21.1. The number of benzene rings is 2. The van der Waals surface area contributed by atoms with Crippen molar-refractivity contribution < 1.29 is 43.1 Å². The molecule has 0 aromatic heterocycles. The van der Waals surface area contributed by atoms with Crippen LogP contribution < -0.4 is 14.5 Å². The third kappa shape index (κ3) is 10.5. The number of nitro groups is 1. The average molecular weight is 665 g/mol. The van der Waals surface area contributed by atoms with E-state index in [0.717, 1.165) is 0 Å². The standard InChI is InChI=1S/C31H44N2O10SSi/c1-20-25(40-5)16-26(43-45(7,8)31(2,3)4)23(18-44-19-24(29(36)41-6)32-27(35)10-9-15-34)28(20)30(37)42-17-21-11-13-22(14-12-21)33(38)39/h11-14,16,24,34H,9-10,15,17-19H2,1-8H3,(H,32,35). The van der Waals surface area contributed by atoms with Crippen molar-refractivity contribution in [2.75, 3.05) is 26.6 Å². The Bertz CT molecular complexity index is 1360. The fourth-order valence-corrected chi connectivity index (χ4v) is 6.07. The van der Waals surface area contributed by atoms with Crippen molar-refractivity contribution in [1.82, 2.24) is 5.32 Å². The van der Waals surface area contributed by atoms with Crippen LogP contribution in [0, 0.1) is 17.0 Å². The van der Waals surface area contributed by atoms with E-state index in [9.17, 15) is 24.5 Å². The van der Waals surface area contributed by atoms with E-state index < -0.39 is 37.1 Å². The minimum atomic E-state index is -2.42. The van der Waals surface area contributed by atoms with Crippen LogP contribution in [0.25, 0.3) is 0 Å². The van der Waals surface area contributed by atoms with Gasteiger partial charge < -0.3 is 29.1 Å². The van der Waals surface area contributed by atoms with Crippen molar-refractivity contribution in [3.63, 3.8) is 0 Å². The van der Waals surface area contributed by atoms with E-state index in [1.54, 1.807) is 13.0 Å². The Morgan fingerprint density at radius 3 is 2.29 bits per heavy atom. The number of ether oxygens (including phenoxy) is 3. The summed E-state index contributed by atoms with van der Waals surface area (Å²) in [4.78, 5) is 49.0. The lowest BCUT2D eigenvalue weighted by atomic mass is 10.0. The second-order valence-electron chi connectivity index (χ2n) is 11.9. The molecule has 0 fully saturated rings. The van der Waals surface area contributed by atoms with Crippen LogP contribution >= 0.6 is 11.8 Å². The van der Waals surface area contributed by atoms with Crippen LogP contribution in [0.15, 0.2) is 30.3 Å². The van der Waals surface area contributed by atoms with Crippen molar-refractivity contribution in [2.45, 2.75) is 77.1 Å². The van der Waals surface area contributed by atoms with Gasteiger partial charge in [-0.25, -0.2) is 9.59 Å². The smallest absolute Gasteiger partial charge is 0.339 e. The Morgan fingerprint density at radius 1 is 1.11 bits per heavy atom. The summed E-state index contributed by atoms with van der Waals surface area (Å²) in [5, 5.41) is 22.5. The average Bonchev–Trinajstić information content (AvgIpc) is 2.98. The molecule has 45 heavy (non-hydrogen) atoms. The van der Waals surface area contributed by atoms with Gasteiger partial charge in [0.05, 0.1) is 24.7 Å². The summed E-state index contributed by atoms with van der Waals surface area (Å²) in [6.07, 6.45) is 0.319. The molecule has 2 N–H and O–H groups in total. The third-order valence-corrected chi connectivity index (χ3v) is 13.0. The normalized spacial score (nSPS) is 12.2. The fourth-order valence-electron chi connectivity index (χ4n) is 3.97. The molecule has 1 unspecified atom stereocenters. The number of nitrogens with zero attached hydrogens (tertiary/aromatic N) is 1. The number of nitrogens with one attached hydrogen (secondary N) is 1. The molecule has 2 rings (SSSR count). The molecule has 0 heterocycles. The SMILES string of the molecule is COC(=O)C(CSCc1c(O[Si](C)(C)C(C)(C)C)cc(OC)c(C)c1C(=O)OCc1ccc([N+](=O)[O-])cc1)NC(=O)CCCO. The van der Waals surface area contributed by atoms with Gasteiger partial charge in [0, 0.05) is 53.9 Å². The maximum atomic E-state index is 13.7. The zero-order chi connectivity index (χ0) is 33.9. The number of thioether (sulfide) groups is 1. The molecule has 0 spiro atoms. The van der Waals surface area contributed by atoms with E-state index in [4.69, 9.17) is 23.7 Å². The summed E-state index contributed by atoms with van der Waals surface area (Å²) in [5.41, 5.74) is 1.83. The van der Waals surface area contributed by atoms with E-state index in [0.29, 0.717) is 28.2 Å². The molecule has 0 saturated heterocycles. The number of aliphatic hydroxyl groups excluding tert-OH is 1. The first kappa shape index (κ1) is 37.6. The van der Waals surface area contributed by atoms with Crippen molar-refractivity contribution in [2.24, 2.45) is 0 Å². The number of carbonyl (C=O) groups is 3. The van der Waals surface area contributed by atoms with Crippen LogP contribution in [0.3, 0.4) is 0 Å². The number of esters is 2. The summed E-state index contributed by atoms with van der Waals surface area (Å²) >= 11 is 1.30. The highest BCUT2D eigenvalue weighted by Gasteiger charge is 2.40. The second-order valence-corrected chi connectivity index (χ2v) is 17.7. The first-order valence-electron chi connectivity index (χ1n) is 14.4. The van der Waals surface area contributed by atoms with Gasteiger partial charge in [0.25, 0.3) is 5.69 Å². The Hall–Kier alpha value is -3.62. The van der Waals surface area contributed by atoms with Crippen LogP contribution in [0.2, 0.25) is 18.1 Å². The Balaban J connectivity index is 2.49. The summed E-state index contributed by atoms with van der Waals surface area (Å²) in [6.45, 7) is 11.9. The molecule has 14 heteroatoms. The van der Waals surface area contributed by atoms with Crippen molar-refractivity contribution in [3.8, 4) is 11.5 Å². The van der Waals surface area contributed by atoms with Gasteiger partial charge in [0.15, 0.2) is 0 Å². The summed E-state index contributed by atoms with van der Waals surface area (Å²) < 4.78 is 22.9.